The van der Waals surface area contributed by atoms with Crippen molar-refractivity contribution in [2.75, 3.05) is 13.7 Å². The Labute approximate surface area is 123 Å². The van der Waals surface area contributed by atoms with E-state index in [1.165, 1.54) is 0 Å². The van der Waals surface area contributed by atoms with Gasteiger partial charge in [-0.25, -0.2) is 0 Å². The van der Waals surface area contributed by atoms with E-state index in [0.29, 0.717) is 18.0 Å². The highest BCUT2D eigenvalue weighted by Gasteiger charge is 2.04. The first-order chi connectivity index (χ1) is 10.2. The number of nitrogens with one attached hydrogen (secondary N) is 1. The minimum Gasteiger partial charge on any atom is -0.497 e. The van der Waals surface area contributed by atoms with Crippen LogP contribution in [0.4, 0.5) is 0 Å². The van der Waals surface area contributed by atoms with Crippen LogP contribution in [-0.2, 0) is 11.3 Å². The Bertz CT molecular complexity index is 614. The van der Waals surface area contributed by atoms with Crippen LogP contribution in [-0.4, -0.2) is 24.6 Å². The van der Waals surface area contributed by atoms with Crippen molar-refractivity contribution in [1.82, 2.24) is 10.3 Å². The van der Waals surface area contributed by atoms with Crippen molar-refractivity contribution in [2.45, 2.75) is 13.5 Å². The number of ether oxygens (including phenoxy) is 2. The zero-order valence-electron chi connectivity index (χ0n) is 12.1. The maximum Gasteiger partial charge on any atom is 0.258 e. The van der Waals surface area contributed by atoms with Crippen molar-refractivity contribution in [1.29, 1.82) is 0 Å². The number of hydrogen-bond acceptors (Lipinski definition) is 4. The lowest BCUT2D eigenvalue weighted by atomic mass is 10.3. The number of benzene rings is 1. The normalized spacial score (nSPS) is 10.0. The average Bonchev–Trinajstić information content (AvgIpc) is 2.51. The van der Waals surface area contributed by atoms with Crippen molar-refractivity contribution in [3.8, 4) is 11.5 Å². The lowest BCUT2D eigenvalue weighted by molar-refractivity contribution is -0.123. The minimum atomic E-state index is -0.193. The SMILES string of the molecule is COc1cccc(OCC(=O)NCc2cccc(C)n2)c1. The van der Waals surface area contributed by atoms with E-state index in [2.05, 4.69) is 10.3 Å². The maximum absolute atomic E-state index is 11.7. The Kier molecular flexibility index (Phi) is 5.15. The van der Waals surface area contributed by atoms with Crippen LogP contribution in [0.3, 0.4) is 0 Å². The molecule has 0 aliphatic carbocycles. The number of aryl methyl sites for hydroxylation is 1. The van der Waals surface area contributed by atoms with Crippen LogP contribution in [0.25, 0.3) is 0 Å². The molecule has 1 heterocycles. The van der Waals surface area contributed by atoms with Gasteiger partial charge in [0.05, 0.1) is 19.3 Å². The van der Waals surface area contributed by atoms with Gasteiger partial charge in [-0.3, -0.25) is 9.78 Å². The van der Waals surface area contributed by atoms with Gasteiger partial charge < -0.3 is 14.8 Å². The lowest BCUT2D eigenvalue weighted by Crippen LogP contribution is -2.28. The molecule has 0 saturated carbocycles. The Morgan fingerprint density at radius 1 is 1.19 bits per heavy atom. The van der Waals surface area contributed by atoms with Crippen LogP contribution in [0.5, 0.6) is 11.5 Å². The molecular weight excluding hydrogens is 268 g/mol. The Balaban J connectivity index is 1.79. The van der Waals surface area contributed by atoms with Crippen molar-refractivity contribution < 1.29 is 14.3 Å². The molecule has 0 saturated heterocycles. The second-order valence-corrected chi connectivity index (χ2v) is 4.51. The summed E-state index contributed by atoms with van der Waals surface area (Å²) in [6.45, 7) is 2.26. The number of carbonyl (C=O) groups is 1. The van der Waals surface area contributed by atoms with Crippen molar-refractivity contribution >= 4 is 5.91 Å². The maximum atomic E-state index is 11.7. The van der Waals surface area contributed by atoms with Gasteiger partial charge in [-0.2, -0.15) is 0 Å². The van der Waals surface area contributed by atoms with E-state index in [4.69, 9.17) is 9.47 Å². The summed E-state index contributed by atoms with van der Waals surface area (Å²) in [5, 5.41) is 2.77. The molecule has 5 nitrogen and oxygen atoms in total. The number of hydrogen-bond donors (Lipinski definition) is 1. The van der Waals surface area contributed by atoms with Crippen LogP contribution < -0.4 is 14.8 Å². The summed E-state index contributed by atoms with van der Waals surface area (Å²) < 4.78 is 10.5. The van der Waals surface area contributed by atoms with Gasteiger partial charge in [-0.15, -0.1) is 0 Å². The average molecular weight is 286 g/mol. The largest absolute Gasteiger partial charge is 0.497 e. The molecule has 0 aliphatic heterocycles. The van der Waals surface area contributed by atoms with Gasteiger partial charge in [0.15, 0.2) is 6.61 Å². The monoisotopic (exact) mass is 286 g/mol. The van der Waals surface area contributed by atoms with Crippen LogP contribution in [0, 0.1) is 6.92 Å². The Morgan fingerprint density at radius 3 is 2.71 bits per heavy atom. The fraction of sp³-hybridized carbons (Fsp3) is 0.250. The molecule has 0 radical (unpaired) electrons. The molecule has 0 bridgehead atoms. The highest BCUT2D eigenvalue weighted by Crippen LogP contribution is 2.18. The predicted molar refractivity (Wildman–Crippen MR) is 79.3 cm³/mol. The number of carbonyl (C=O) groups excluding carboxylic acids is 1. The first-order valence-electron chi connectivity index (χ1n) is 6.63. The van der Waals surface area contributed by atoms with Gasteiger partial charge in [0.25, 0.3) is 5.91 Å². The van der Waals surface area contributed by atoms with Crippen LogP contribution in [0.1, 0.15) is 11.4 Å². The molecule has 0 aliphatic rings. The molecule has 1 N–H and O–H groups in total. The summed E-state index contributed by atoms with van der Waals surface area (Å²) in [6.07, 6.45) is 0. The molecule has 0 unspecified atom stereocenters. The van der Waals surface area contributed by atoms with Gasteiger partial charge >= 0.3 is 0 Å². The summed E-state index contributed by atoms with van der Waals surface area (Å²) in [4.78, 5) is 16.0. The number of methoxy groups -OCH3 is 1. The molecular formula is C16H18N2O3. The Hall–Kier alpha value is -2.56. The fourth-order valence-electron chi connectivity index (χ4n) is 1.78. The summed E-state index contributed by atoms with van der Waals surface area (Å²) in [5.74, 6) is 1.09. The van der Waals surface area contributed by atoms with Crippen molar-refractivity contribution in [3.05, 3.63) is 53.9 Å². The van der Waals surface area contributed by atoms with E-state index < -0.39 is 0 Å². The summed E-state index contributed by atoms with van der Waals surface area (Å²) in [7, 11) is 1.58. The fourth-order valence-corrected chi connectivity index (χ4v) is 1.78. The van der Waals surface area contributed by atoms with Gasteiger partial charge in [-0.05, 0) is 31.2 Å². The molecule has 1 amide bonds. The second-order valence-electron chi connectivity index (χ2n) is 4.51. The molecule has 2 aromatic rings. The van der Waals surface area contributed by atoms with Crippen LogP contribution >= 0.6 is 0 Å². The number of pyridine rings is 1. The van der Waals surface area contributed by atoms with E-state index in [9.17, 15) is 4.79 Å². The molecule has 2 rings (SSSR count). The Morgan fingerprint density at radius 2 is 1.95 bits per heavy atom. The summed E-state index contributed by atoms with van der Waals surface area (Å²) in [6, 6.07) is 12.8. The van der Waals surface area contributed by atoms with Crippen LogP contribution in [0.2, 0.25) is 0 Å². The van der Waals surface area contributed by atoms with Gasteiger partial charge in [0.1, 0.15) is 11.5 Å². The predicted octanol–water partition coefficient (Wildman–Crippen LogP) is 2.09. The zero-order chi connectivity index (χ0) is 15.1. The van der Waals surface area contributed by atoms with Gasteiger partial charge in [-0.1, -0.05) is 12.1 Å². The molecule has 0 atom stereocenters. The van der Waals surface area contributed by atoms with Crippen LogP contribution in [0.15, 0.2) is 42.5 Å². The molecule has 21 heavy (non-hydrogen) atoms. The zero-order valence-corrected chi connectivity index (χ0v) is 12.1. The first kappa shape index (κ1) is 14.8. The van der Waals surface area contributed by atoms with Gasteiger partial charge in [0, 0.05) is 11.8 Å². The van der Waals surface area contributed by atoms with Crippen molar-refractivity contribution in [3.63, 3.8) is 0 Å². The minimum absolute atomic E-state index is 0.0427. The van der Waals surface area contributed by atoms with E-state index in [0.717, 1.165) is 11.4 Å². The molecule has 110 valence electrons. The molecule has 5 heteroatoms. The van der Waals surface area contributed by atoms with Gasteiger partial charge in [0.2, 0.25) is 0 Å². The molecule has 1 aromatic carbocycles. The highest BCUT2D eigenvalue weighted by molar-refractivity contribution is 5.77. The van der Waals surface area contributed by atoms with E-state index in [1.807, 2.05) is 37.3 Å². The van der Waals surface area contributed by atoms with E-state index in [-0.39, 0.29) is 12.5 Å². The standard InChI is InChI=1S/C16H18N2O3/c1-12-5-3-6-13(18-12)10-17-16(19)11-21-15-8-4-7-14(9-15)20-2/h3-9H,10-11H2,1-2H3,(H,17,19). The third-order valence-electron chi connectivity index (χ3n) is 2.82. The topological polar surface area (TPSA) is 60.5 Å². The van der Waals surface area contributed by atoms with E-state index >= 15 is 0 Å². The number of nitrogens with zero attached hydrogens (tertiary/aromatic N) is 1. The van der Waals surface area contributed by atoms with Crippen molar-refractivity contribution in [2.24, 2.45) is 0 Å². The van der Waals surface area contributed by atoms with E-state index in [1.54, 1.807) is 19.2 Å². The smallest absolute Gasteiger partial charge is 0.258 e. The second kappa shape index (κ2) is 7.28. The quantitative estimate of drug-likeness (QED) is 0.883. The first-order valence-corrected chi connectivity index (χ1v) is 6.63. The highest BCUT2D eigenvalue weighted by atomic mass is 16.5. The molecule has 0 spiro atoms. The third-order valence-corrected chi connectivity index (χ3v) is 2.82. The third kappa shape index (κ3) is 4.80. The summed E-state index contributed by atoms with van der Waals surface area (Å²) in [5.41, 5.74) is 1.75. The number of amides is 1. The number of rotatable bonds is 6. The lowest BCUT2D eigenvalue weighted by Gasteiger charge is -2.08. The summed E-state index contributed by atoms with van der Waals surface area (Å²) >= 11 is 0. The molecule has 1 aromatic heterocycles. The molecule has 0 fully saturated rings. The number of aromatic nitrogens is 1.